The Kier molecular flexibility index (Phi) is 4.87. The van der Waals surface area contributed by atoms with E-state index in [2.05, 4.69) is 39.0 Å². The lowest BCUT2D eigenvalue weighted by atomic mass is 9.78. The van der Waals surface area contributed by atoms with Gasteiger partial charge in [-0.05, 0) is 57.2 Å². The van der Waals surface area contributed by atoms with Crippen LogP contribution in [0.4, 0.5) is 0 Å². The number of aryl methyl sites for hydroxylation is 2. The molecule has 1 aromatic rings. The molecule has 0 saturated heterocycles. The Hall–Kier alpha value is -1.02. The van der Waals surface area contributed by atoms with Gasteiger partial charge in [0.05, 0.1) is 0 Å². The Morgan fingerprint density at radius 1 is 1.26 bits per heavy atom. The number of rotatable bonds is 4. The quantitative estimate of drug-likeness (QED) is 0.894. The van der Waals surface area contributed by atoms with E-state index in [1.165, 1.54) is 30.4 Å². The SMILES string of the molecule is CCC1CCC(CN)C(Oc2ccc(C)cc2C)C1. The van der Waals surface area contributed by atoms with Crippen molar-refractivity contribution in [1.82, 2.24) is 0 Å². The first-order valence-electron chi connectivity index (χ1n) is 7.58. The Morgan fingerprint density at radius 3 is 2.68 bits per heavy atom. The first-order valence-corrected chi connectivity index (χ1v) is 7.58. The maximum Gasteiger partial charge on any atom is 0.122 e. The van der Waals surface area contributed by atoms with E-state index in [-0.39, 0.29) is 0 Å². The van der Waals surface area contributed by atoms with Crippen molar-refractivity contribution in [2.24, 2.45) is 17.6 Å². The van der Waals surface area contributed by atoms with E-state index in [1.54, 1.807) is 0 Å². The molecule has 0 heterocycles. The summed E-state index contributed by atoms with van der Waals surface area (Å²) in [5.41, 5.74) is 8.43. The van der Waals surface area contributed by atoms with Crippen LogP contribution >= 0.6 is 0 Å². The van der Waals surface area contributed by atoms with E-state index in [4.69, 9.17) is 10.5 Å². The average molecular weight is 261 g/mol. The van der Waals surface area contributed by atoms with Crippen LogP contribution in [0.5, 0.6) is 5.75 Å². The maximum absolute atomic E-state index is 6.30. The molecule has 3 atom stereocenters. The average Bonchev–Trinajstić information content (AvgIpc) is 2.41. The normalized spacial score (nSPS) is 27.3. The van der Waals surface area contributed by atoms with Crippen LogP contribution in [0.15, 0.2) is 18.2 Å². The van der Waals surface area contributed by atoms with Crippen LogP contribution in [0.3, 0.4) is 0 Å². The molecule has 106 valence electrons. The molecule has 1 aliphatic rings. The topological polar surface area (TPSA) is 35.2 Å². The summed E-state index contributed by atoms with van der Waals surface area (Å²) in [6.45, 7) is 7.26. The summed E-state index contributed by atoms with van der Waals surface area (Å²) in [4.78, 5) is 0. The number of ether oxygens (including phenoxy) is 1. The minimum atomic E-state index is 0.296. The summed E-state index contributed by atoms with van der Waals surface area (Å²) in [5.74, 6) is 2.35. The fourth-order valence-corrected chi connectivity index (χ4v) is 3.15. The third-order valence-corrected chi connectivity index (χ3v) is 4.53. The largest absolute Gasteiger partial charge is 0.490 e. The highest BCUT2D eigenvalue weighted by Crippen LogP contribution is 2.34. The number of hydrogen-bond acceptors (Lipinski definition) is 2. The van der Waals surface area contributed by atoms with Gasteiger partial charge in [-0.3, -0.25) is 0 Å². The first kappa shape index (κ1) is 14.4. The van der Waals surface area contributed by atoms with Crippen LogP contribution < -0.4 is 10.5 Å². The highest BCUT2D eigenvalue weighted by Gasteiger charge is 2.30. The van der Waals surface area contributed by atoms with Gasteiger partial charge in [-0.15, -0.1) is 0 Å². The summed E-state index contributed by atoms with van der Waals surface area (Å²) >= 11 is 0. The molecule has 1 aliphatic carbocycles. The number of hydrogen-bond donors (Lipinski definition) is 1. The van der Waals surface area contributed by atoms with E-state index >= 15 is 0 Å². The fraction of sp³-hybridized carbons (Fsp3) is 0.647. The molecule has 0 amide bonds. The van der Waals surface area contributed by atoms with Crippen molar-refractivity contribution in [2.45, 2.75) is 52.6 Å². The van der Waals surface area contributed by atoms with Crippen LogP contribution in [-0.2, 0) is 0 Å². The van der Waals surface area contributed by atoms with Crippen molar-refractivity contribution in [3.63, 3.8) is 0 Å². The molecule has 1 fully saturated rings. The van der Waals surface area contributed by atoms with E-state index in [0.29, 0.717) is 12.0 Å². The summed E-state index contributed by atoms with van der Waals surface area (Å²) in [5, 5.41) is 0. The molecule has 1 aromatic carbocycles. The monoisotopic (exact) mass is 261 g/mol. The molecule has 2 nitrogen and oxygen atoms in total. The van der Waals surface area contributed by atoms with Crippen molar-refractivity contribution in [1.29, 1.82) is 0 Å². The van der Waals surface area contributed by atoms with Gasteiger partial charge < -0.3 is 10.5 Å². The molecular formula is C17H27NO. The van der Waals surface area contributed by atoms with Crippen LogP contribution in [0, 0.1) is 25.7 Å². The standard InChI is InChI=1S/C17H27NO/c1-4-14-6-7-15(11-18)17(10-14)19-16-8-5-12(2)9-13(16)3/h5,8-9,14-15,17H,4,6-7,10-11,18H2,1-3H3. The molecule has 0 aromatic heterocycles. The Labute approximate surface area is 117 Å². The number of nitrogens with two attached hydrogens (primary N) is 1. The van der Waals surface area contributed by atoms with Gasteiger partial charge in [0.1, 0.15) is 11.9 Å². The van der Waals surface area contributed by atoms with Crippen molar-refractivity contribution in [2.75, 3.05) is 6.54 Å². The van der Waals surface area contributed by atoms with Gasteiger partial charge in [-0.1, -0.05) is 31.0 Å². The second-order valence-electron chi connectivity index (χ2n) is 6.01. The zero-order chi connectivity index (χ0) is 13.8. The lowest BCUT2D eigenvalue weighted by Gasteiger charge is -2.35. The minimum absolute atomic E-state index is 0.296. The van der Waals surface area contributed by atoms with Gasteiger partial charge in [0.25, 0.3) is 0 Å². The van der Waals surface area contributed by atoms with Gasteiger partial charge >= 0.3 is 0 Å². The highest BCUT2D eigenvalue weighted by atomic mass is 16.5. The molecule has 0 bridgehead atoms. The van der Waals surface area contributed by atoms with Gasteiger partial charge in [-0.2, -0.15) is 0 Å². The Morgan fingerprint density at radius 2 is 2.05 bits per heavy atom. The summed E-state index contributed by atoms with van der Waals surface area (Å²) < 4.78 is 6.30. The van der Waals surface area contributed by atoms with Crippen LogP contribution in [-0.4, -0.2) is 12.6 Å². The molecule has 0 radical (unpaired) electrons. The lowest BCUT2D eigenvalue weighted by molar-refractivity contribution is 0.0678. The number of benzene rings is 1. The third kappa shape index (κ3) is 3.50. The smallest absolute Gasteiger partial charge is 0.122 e. The van der Waals surface area contributed by atoms with E-state index in [0.717, 1.165) is 24.6 Å². The maximum atomic E-state index is 6.30. The molecule has 0 spiro atoms. The Balaban J connectivity index is 2.09. The van der Waals surface area contributed by atoms with Crippen LogP contribution in [0.2, 0.25) is 0 Å². The fourth-order valence-electron chi connectivity index (χ4n) is 3.15. The summed E-state index contributed by atoms with van der Waals surface area (Å²) in [7, 11) is 0. The van der Waals surface area contributed by atoms with Crippen LogP contribution in [0.25, 0.3) is 0 Å². The molecule has 2 rings (SSSR count). The van der Waals surface area contributed by atoms with Gasteiger partial charge in [0.2, 0.25) is 0 Å². The molecular weight excluding hydrogens is 234 g/mol. The second-order valence-corrected chi connectivity index (χ2v) is 6.01. The third-order valence-electron chi connectivity index (χ3n) is 4.53. The molecule has 3 unspecified atom stereocenters. The minimum Gasteiger partial charge on any atom is -0.490 e. The predicted octanol–water partition coefficient (Wildman–Crippen LogP) is 3.84. The molecule has 2 heteroatoms. The molecule has 19 heavy (non-hydrogen) atoms. The van der Waals surface area contributed by atoms with E-state index < -0.39 is 0 Å². The summed E-state index contributed by atoms with van der Waals surface area (Å²) in [6, 6.07) is 6.42. The highest BCUT2D eigenvalue weighted by molar-refractivity contribution is 5.35. The van der Waals surface area contributed by atoms with Gasteiger partial charge in [0, 0.05) is 5.92 Å². The first-order chi connectivity index (χ1) is 9.13. The molecule has 0 aliphatic heterocycles. The van der Waals surface area contributed by atoms with Crippen LogP contribution in [0.1, 0.15) is 43.7 Å². The molecule has 2 N–H and O–H groups in total. The summed E-state index contributed by atoms with van der Waals surface area (Å²) in [6.07, 6.45) is 5.23. The molecule has 1 saturated carbocycles. The Bertz CT molecular complexity index is 416. The van der Waals surface area contributed by atoms with Crippen molar-refractivity contribution in [3.8, 4) is 5.75 Å². The van der Waals surface area contributed by atoms with E-state index in [1.807, 2.05) is 0 Å². The van der Waals surface area contributed by atoms with Crippen molar-refractivity contribution < 1.29 is 4.74 Å². The van der Waals surface area contributed by atoms with Crippen molar-refractivity contribution in [3.05, 3.63) is 29.3 Å². The lowest BCUT2D eigenvalue weighted by Crippen LogP contribution is -2.38. The van der Waals surface area contributed by atoms with Gasteiger partial charge in [0.15, 0.2) is 0 Å². The van der Waals surface area contributed by atoms with E-state index in [9.17, 15) is 0 Å². The zero-order valence-electron chi connectivity index (χ0n) is 12.5. The van der Waals surface area contributed by atoms with Crippen molar-refractivity contribution >= 4 is 0 Å². The predicted molar refractivity (Wildman–Crippen MR) is 80.5 cm³/mol. The zero-order valence-corrected chi connectivity index (χ0v) is 12.5. The second kappa shape index (κ2) is 6.42. The van der Waals surface area contributed by atoms with Gasteiger partial charge in [-0.25, -0.2) is 0 Å².